The number of halogens is 2. The van der Waals surface area contributed by atoms with Crippen LogP contribution in [0.4, 0.5) is 8.78 Å². The van der Waals surface area contributed by atoms with Crippen LogP contribution < -0.4 is 0 Å². The fourth-order valence-electron chi connectivity index (χ4n) is 1.41. The predicted octanol–water partition coefficient (Wildman–Crippen LogP) is 2.49. The standard InChI is InChI=1S/C12H6F2O4/c13-6-2-1-3-7(14)10(6)11(15)8-4-5-9(18-8)12(16)17/h1-5H,(H,16,17). The van der Waals surface area contributed by atoms with Gasteiger partial charge in [0.05, 0.1) is 5.56 Å². The summed E-state index contributed by atoms with van der Waals surface area (Å²) in [5.74, 6) is -5.39. The topological polar surface area (TPSA) is 67.5 Å². The number of benzene rings is 1. The average Bonchev–Trinajstić information content (AvgIpc) is 2.77. The van der Waals surface area contributed by atoms with Gasteiger partial charge in [0.2, 0.25) is 11.5 Å². The highest BCUT2D eigenvalue weighted by atomic mass is 19.1. The zero-order valence-electron chi connectivity index (χ0n) is 8.81. The Bertz CT molecular complexity index is 611. The Morgan fingerprint density at radius 2 is 1.56 bits per heavy atom. The third-order valence-electron chi connectivity index (χ3n) is 2.23. The third kappa shape index (κ3) is 2.00. The molecule has 0 spiro atoms. The van der Waals surface area contributed by atoms with Crippen LogP contribution in [0.25, 0.3) is 0 Å². The van der Waals surface area contributed by atoms with Gasteiger partial charge in [0.15, 0.2) is 5.76 Å². The van der Waals surface area contributed by atoms with Gasteiger partial charge in [-0.2, -0.15) is 0 Å². The first-order chi connectivity index (χ1) is 8.50. The largest absolute Gasteiger partial charge is 0.475 e. The molecular weight excluding hydrogens is 246 g/mol. The monoisotopic (exact) mass is 252 g/mol. The Morgan fingerprint density at radius 1 is 1.00 bits per heavy atom. The number of hydrogen-bond donors (Lipinski definition) is 1. The summed E-state index contributed by atoms with van der Waals surface area (Å²) in [6.07, 6.45) is 0. The molecule has 2 aromatic rings. The van der Waals surface area contributed by atoms with Crippen LogP contribution in [0.1, 0.15) is 26.7 Å². The maximum atomic E-state index is 13.3. The van der Waals surface area contributed by atoms with Gasteiger partial charge in [-0.3, -0.25) is 4.79 Å². The van der Waals surface area contributed by atoms with E-state index in [1.807, 2.05) is 0 Å². The van der Waals surface area contributed by atoms with E-state index in [1.165, 1.54) is 0 Å². The summed E-state index contributed by atoms with van der Waals surface area (Å²) >= 11 is 0. The second kappa shape index (κ2) is 4.40. The first-order valence-corrected chi connectivity index (χ1v) is 4.82. The molecule has 0 saturated heterocycles. The van der Waals surface area contributed by atoms with Crippen molar-refractivity contribution >= 4 is 11.8 Å². The van der Waals surface area contributed by atoms with Crippen LogP contribution in [0.5, 0.6) is 0 Å². The van der Waals surface area contributed by atoms with E-state index < -0.39 is 40.5 Å². The Hall–Kier alpha value is -2.50. The summed E-state index contributed by atoms with van der Waals surface area (Å²) in [5, 5.41) is 8.61. The molecule has 1 heterocycles. The highest BCUT2D eigenvalue weighted by Crippen LogP contribution is 2.18. The minimum atomic E-state index is -1.37. The summed E-state index contributed by atoms with van der Waals surface area (Å²) in [4.78, 5) is 22.3. The lowest BCUT2D eigenvalue weighted by Crippen LogP contribution is -2.06. The molecule has 0 aliphatic rings. The molecule has 0 aliphatic carbocycles. The number of carbonyl (C=O) groups is 2. The number of carbonyl (C=O) groups excluding carboxylic acids is 1. The molecule has 0 bridgehead atoms. The molecule has 6 heteroatoms. The maximum absolute atomic E-state index is 13.3. The van der Waals surface area contributed by atoms with Crippen LogP contribution in [-0.4, -0.2) is 16.9 Å². The first kappa shape index (κ1) is 12.0. The normalized spacial score (nSPS) is 10.3. The van der Waals surface area contributed by atoms with Gasteiger partial charge in [-0.1, -0.05) is 6.07 Å². The van der Waals surface area contributed by atoms with Crippen molar-refractivity contribution in [3.63, 3.8) is 0 Å². The summed E-state index contributed by atoms with van der Waals surface area (Å²) < 4.78 is 31.4. The van der Waals surface area contributed by atoms with E-state index in [0.717, 1.165) is 30.3 Å². The van der Waals surface area contributed by atoms with Gasteiger partial charge in [-0.25, -0.2) is 13.6 Å². The molecule has 1 N–H and O–H groups in total. The summed E-state index contributed by atoms with van der Waals surface area (Å²) in [6, 6.07) is 5.06. The molecule has 0 fully saturated rings. The van der Waals surface area contributed by atoms with Crippen molar-refractivity contribution in [2.45, 2.75) is 0 Å². The van der Waals surface area contributed by atoms with Crippen molar-refractivity contribution in [1.82, 2.24) is 0 Å². The van der Waals surface area contributed by atoms with Crippen molar-refractivity contribution in [3.8, 4) is 0 Å². The van der Waals surface area contributed by atoms with Crippen molar-refractivity contribution < 1.29 is 27.9 Å². The number of carboxylic acid groups (broad SMARTS) is 1. The van der Waals surface area contributed by atoms with E-state index >= 15 is 0 Å². The van der Waals surface area contributed by atoms with Crippen LogP contribution in [-0.2, 0) is 0 Å². The van der Waals surface area contributed by atoms with Crippen LogP contribution >= 0.6 is 0 Å². The summed E-state index contributed by atoms with van der Waals surface area (Å²) in [5.41, 5.74) is -0.774. The second-order valence-corrected chi connectivity index (χ2v) is 3.39. The quantitative estimate of drug-likeness (QED) is 0.852. The number of aromatic carboxylic acids is 1. The maximum Gasteiger partial charge on any atom is 0.371 e. The summed E-state index contributed by atoms with van der Waals surface area (Å²) in [7, 11) is 0. The van der Waals surface area contributed by atoms with E-state index in [4.69, 9.17) is 5.11 Å². The molecule has 0 aliphatic heterocycles. The Kier molecular flexibility index (Phi) is 2.93. The van der Waals surface area contributed by atoms with Crippen LogP contribution in [0.2, 0.25) is 0 Å². The SMILES string of the molecule is O=C(O)c1ccc(C(=O)c2c(F)cccc2F)o1. The predicted molar refractivity (Wildman–Crippen MR) is 55.5 cm³/mol. The van der Waals surface area contributed by atoms with Crippen LogP contribution in [0, 0.1) is 11.6 Å². The molecule has 4 nitrogen and oxygen atoms in total. The van der Waals surface area contributed by atoms with Crippen molar-refractivity contribution in [3.05, 3.63) is 59.1 Å². The molecule has 1 aromatic carbocycles. The van der Waals surface area contributed by atoms with Crippen LogP contribution in [0.15, 0.2) is 34.7 Å². The molecule has 2 rings (SSSR count). The van der Waals surface area contributed by atoms with Gasteiger partial charge >= 0.3 is 5.97 Å². The molecule has 0 atom stereocenters. The first-order valence-electron chi connectivity index (χ1n) is 4.82. The van der Waals surface area contributed by atoms with E-state index in [0.29, 0.717) is 0 Å². The Balaban J connectivity index is 2.45. The zero-order chi connectivity index (χ0) is 13.3. The average molecular weight is 252 g/mol. The Morgan fingerprint density at radius 3 is 2.06 bits per heavy atom. The van der Waals surface area contributed by atoms with Crippen molar-refractivity contribution in [1.29, 1.82) is 0 Å². The molecule has 92 valence electrons. The fraction of sp³-hybridized carbons (Fsp3) is 0. The number of ketones is 1. The minimum absolute atomic E-state index is 0.434. The van der Waals surface area contributed by atoms with Crippen molar-refractivity contribution in [2.24, 2.45) is 0 Å². The lowest BCUT2D eigenvalue weighted by atomic mass is 10.1. The highest BCUT2D eigenvalue weighted by molar-refractivity contribution is 6.07. The molecule has 0 unspecified atom stereocenters. The fourth-order valence-corrected chi connectivity index (χ4v) is 1.41. The van der Waals surface area contributed by atoms with E-state index in [1.54, 1.807) is 0 Å². The molecule has 18 heavy (non-hydrogen) atoms. The Labute approximate surface area is 99.5 Å². The number of carboxylic acids is 1. The zero-order valence-corrected chi connectivity index (χ0v) is 8.81. The van der Waals surface area contributed by atoms with Crippen LogP contribution in [0.3, 0.4) is 0 Å². The molecule has 0 radical (unpaired) electrons. The van der Waals surface area contributed by atoms with E-state index in [-0.39, 0.29) is 0 Å². The van der Waals surface area contributed by atoms with Gasteiger partial charge in [0.25, 0.3) is 0 Å². The summed E-state index contributed by atoms with van der Waals surface area (Å²) in [6.45, 7) is 0. The number of hydrogen-bond acceptors (Lipinski definition) is 3. The van der Waals surface area contributed by atoms with Gasteiger partial charge in [-0.05, 0) is 24.3 Å². The van der Waals surface area contributed by atoms with Crippen molar-refractivity contribution in [2.75, 3.05) is 0 Å². The molecular formula is C12H6F2O4. The van der Waals surface area contributed by atoms with Gasteiger partial charge in [0.1, 0.15) is 11.6 Å². The second-order valence-electron chi connectivity index (χ2n) is 3.39. The lowest BCUT2D eigenvalue weighted by molar-refractivity contribution is 0.0660. The van der Waals surface area contributed by atoms with Gasteiger partial charge < -0.3 is 9.52 Å². The minimum Gasteiger partial charge on any atom is -0.475 e. The van der Waals surface area contributed by atoms with Gasteiger partial charge in [0, 0.05) is 0 Å². The third-order valence-corrected chi connectivity index (χ3v) is 2.23. The lowest BCUT2D eigenvalue weighted by Gasteiger charge is -2.01. The molecule has 1 aromatic heterocycles. The van der Waals surface area contributed by atoms with E-state index in [2.05, 4.69) is 4.42 Å². The molecule has 0 amide bonds. The van der Waals surface area contributed by atoms with Gasteiger partial charge in [-0.15, -0.1) is 0 Å². The number of rotatable bonds is 3. The number of furan rings is 1. The smallest absolute Gasteiger partial charge is 0.371 e. The molecule has 0 saturated carbocycles. The highest BCUT2D eigenvalue weighted by Gasteiger charge is 2.22. The van der Waals surface area contributed by atoms with E-state index in [9.17, 15) is 18.4 Å².